The van der Waals surface area contributed by atoms with Crippen LogP contribution in [-0.2, 0) is 0 Å². The summed E-state index contributed by atoms with van der Waals surface area (Å²) in [4.78, 5) is 11.2. The van der Waals surface area contributed by atoms with Crippen LogP contribution in [0.15, 0.2) is 0 Å². The van der Waals surface area contributed by atoms with Crippen LogP contribution >= 0.6 is 0 Å². The van der Waals surface area contributed by atoms with Gasteiger partial charge < -0.3 is 16.4 Å². The maximum Gasteiger partial charge on any atom is 0.315 e. The molecule has 1 aliphatic rings. The van der Waals surface area contributed by atoms with Crippen LogP contribution in [0.4, 0.5) is 4.79 Å². The van der Waals surface area contributed by atoms with Gasteiger partial charge in [0.05, 0.1) is 0 Å². The van der Waals surface area contributed by atoms with Crippen molar-refractivity contribution in [1.82, 2.24) is 10.6 Å². The van der Waals surface area contributed by atoms with Crippen molar-refractivity contribution in [2.75, 3.05) is 6.54 Å². The highest BCUT2D eigenvalue weighted by atomic mass is 16.2. The highest BCUT2D eigenvalue weighted by Gasteiger charge is 2.22. The zero-order valence-corrected chi connectivity index (χ0v) is 8.18. The molecule has 1 saturated carbocycles. The average molecular weight is 185 g/mol. The fourth-order valence-electron chi connectivity index (χ4n) is 1.62. The number of amides is 2. The molecule has 0 aromatic heterocycles. The van der Waals surface area contributed by atoms with Crippen molar-refractivity contribution in [3.05, 3.63) is 0 Å². The number of hydrogen-bond donors (Lipinski definition) is 3. The lowest BCUT2D eigenvalue weighted by molar-refractivity contribution is 0.237. The van der Waals surface area contributed by atoms with E-state index in [1.807, 2.05) is 6.92 Å². The van der Waals surface area contributed by atoms with E-state index in [0.717, 1.165) is 32.2 Å². The minimum absolute atomic E-state index is 0.0547. The molecule has 1 fully saturated rings. The Balaban J connectivity index is 2.13. The van der Waals surface area contributed by atoms with Gasteiger partial charge >= 0.3 is 6.03 Å². The van der Waals surface area contributed by atoms with E-state index in [1.165, 1.54) is 0 Å². The number of nitrogens with one attached hydrogen (secondary N) is 2. The van der Waals surface area contributed by atoms with E-state index in [0.29, 0.717) is 0 Å². The summed E-state index contributed by atoms with van der Waals surface area (Å²) in [6, 6.07) is 0.504. The minimum Gasteiger partial charge on any atom is -0.338 e. The predicted molar refractivity (Wildman–Crippen MR) is 52.4 cm³/mol. The molecule has 4 N–H and O–H groups in total. The van der Waals surface area contributed by atoms with Crippen molar-refractivity contribution in [2.24, 2.45) is 5.73 Å². The first-order valence-electron chi connectivity index (χ1n) is 5.02. The molecule has 76 valence electrons. The number of carbonyl (C=O) groups is 1. The van der Waals surface area contributed by atoms with Crippen LogP contribution in [0, 0.1) is 0 Å². The highest BCUT2D eigenvalue weighted by Crippen LogP contribution is 2.16. The SMILES string of the molecule is CCCNC(=O)NC1CCC(N)C1. The summed E-state index contributed by atoms with van der Waals surface area (Å²) in [6.45, 7) is 2.77. The second-order valence-corrected chi connectivity index (χ2v) is 3.67. The lowest BCUT2D eigenvalue weighted by atomic mass is 10.2. The van der Waals surface area contributed by atoms with Crippen molar-refractivity contribution >= 4 is 6.03 Å². The maximum atomic E-state index is 11.2. The molecule has 2 atom stereocenters. The summed E-state index contributed by atoms with van der Waals surface area (Å²) < 4.78 is 0. The van der Waals surface area contributed by atoms with Gasteiger partial charge in [-0.3, -0.25) is 0 Å². The van der Waals surface area contributed by atoms with E-state index >= 15 is 0 Å². The zero-order chi connectivity index (χ0) is 9.68. The molecule has 1 aliphatic carbocycles. The van der Waals surface area contributed by atoms with E-state index in [1.54, 1.807) is 0 Å². The third-order valence-electron chi connectivity index (χ3n) is 2.34. The Hall–Kier alpha value is -0.770. The van der Waals surface area contributed by atoms with Crippen LogP contribution in [0.5, 0.6) is 0 Å². The molecule has 2 amide bonds. The quantitative estimate of drug-likeness (QED) is 0.602. The number of carbonyl (C=O) groups excluding carboxylic acids is 1. The first-order chi connectivity index (χ1) is 6.22. The molecule has 4 nitrogen and oxygen atoms in total. The predicted octanol–water partition coefficient (Wildman–Crippen LogP) is 0.575. The Morgan fingerprint density at radius 1 is 1.54 bits per heavy atom. The Morgan fingerprint density at radius 2 is 2.31 bits per heavy atom. The molecule has 1 rings (SSSR count). The first kappa shape index (κ1) is 10.3. The van der Waals surface area contributed by atoms with Gasteiger partial charge in [0.25, 0.3) is 0 Å². The number of rotatable bonds is 3. The topological polar surface area (TPSA) is 67.2 Å². The summed E-state index contributed by atoms with van der Waals surface area (Å²) in [5.74, 6) is 0. The molecular formula is C9H19N3O. The van der Waals surface area contributed by atoms with Crippen LogP contribution in [0.25, 0.3) is 0 Å². The summed E-state index contributed by atoms with van der Waals surface area (Å²) in [5, 5.41) is 5.70. The van der Waals surface area contributed by atoms with Crippen molar-refractivity contribution in [3.8, 4) is 0 Å². The van der Waals surface area contributed by atoms with Gasteiger partial charge in [-0.25, -0.2) is 4.79 Å². The molecule has 4 heteroatoms. The molecule has 0 aromatic carbocycles. The standard InChI is InChI=1S/C9H19N3O/c1-2-5-11-9(13)12-8-4-3-7(10)6-8/h7-8H,2-6,10H2,1H3,(H2,11,12,13). The highest BCUT2D eigenvalue weighted by molar-refractivity contribution is 5.74. The van der Waals surface area contributed by atoms with E-state index in [4.69, 9.17) is 5.73 Å². The average Bonchev–Trinajstić information content (AvgIpc) is 2.48. The van der Waals surface area contributed by atoms with E-state index in [9.17, 15) is 4.79 Å². The fourth-order valence-corrected chi connectivity index (χ4v) is 1.62. The minimum atomic E-state index is -0.0547. The molecule has 2 unspecified atom stereocenters. The largest absolute Gasteiger partial charge is 0.338 e. The molecule has 0 aromatic rings. The maximum absolute atomic E-state index is 11.2. The van der Waals surface area contributed by atoms with Crippen LogP contribution in [-0.4, -0.2) is 24.7 Å². The van der Waals surface area contributed by atoms with Gasteiger partial charge in [0.1, 0.15) is 0 Å². The van der Waals surface area contributed by atoms with Crippen molar-refractivity contribution in [1.29, 1.82) is 0 Å². The normalized spacial score (nSPS) is 27.2. The van der Waals surface area contributed by atoms with Gasteiger partial charge in [-0.15, -0.1) is 0 Å². The van der Waals surface area contributed by atoms with Crippen molar-refractivity contribution in [2.45, 2.75) is 44.7 Å². The van der Waals surface area contributed by atoms with E-state index in [-0.39, 0.29) is 18.1 Å². The number of nitrogens with two attached hydrogens (primary N) is 1. The van der Waals surface area contributed by atoms with Gasteiger partial charge in [0.2, 0.25) is 0 Å². The van der Waals surface area contributed by atoms with Crippen molar-refractivity contribution in [3.63, 3.8) is 0 Å². The van der Waals surface area contributed by atoms with E-state index in [2.05, 4.69) is 10.6 Å². The number of hydrogen-bond acceptors (Lipinski definition) is 2. The molecule has 13 heavy (non-hydrogen) atoms. The monoisotopic (exact) mass is 185 g/mol. The summed E-state index contributed by atoms with van der Waals surface area (Å²) in [6.07, 6.45) is 3.93. The van der Waals surface area contributed by atoms with Gasteiger partial charge in [-0.1, -0.05) is 6.92 Å². The van der Waals surface area contributed by atoms with Crippen LogP contribution in [0.2, 0.25) is 0 Å². The van der Waals surface area contributed by atoms with Gasteiger partial charge in [0.15, 0.2) is 0 Å². The first-order valence-corrected chi connectivity index (χ1v) is 5.02. The lowest BCUT2D eigenvalue weighted by Crippen LogP contribution is -2.41. The van der Waals surface area contributed by atoms with Gasteiger partial charge in [-0.2, -0.15) is 0 Å². The van der Waals surface area contributed by atoms with Crippen LogP contribution < -0.4 is 16.4 Å². The molecule has 0 saturated heterocycles. The molecule has 0 spiro atoms. The van der Waals surface area contributed by atoms with Crippen molar-refractivity contribution < 1.29 is 4.79 Å². The molecule has 0 aliphatic heterocycles. The number of urea groups is 1. The Labute approximate surface area is 79.3 Å². The summed E-state index contributed by atoms with van der Waals surface area (Å²) in [7, 11) is 0. The Kier molecular flexibility index (Phi) is 4.02. The summed E-state index contributed by atoms with van der Waals surface area (Å²) >= 11 is 0. The Morgan fingerprint density at radius 3 is 2.85 bits per heavy atom. The second-order valence-electron chi connectivity index (χ2n) is 3.67. The van der Waals surface area contributed by atoms with E-state index < -0.39 is 0 Å². The molecular weight excluding hydrogens is 166 g/mol. The molecule has 0 radical (unpaired) electrons. The Bertz CT molecular complexity index is 172. The van der Waals surface area contributed by atoms with Gasteiger partial charge in [-0.05, 0) is 25.7 Å². The second kappa shape index (κ2) is 5.07. The third-order valence-corrected chi connectivity index (χ3v) is 2.34. The fraction of sp³-hybridized carbons (Fsp3) is 0.889. The smallest absolute Gasteiger partial charge is 0.315 e. The third kappa shape index (κ3) is 3.63. The molecule has 0 heterocycles. The molecule has 0 bridgehead atoms. The zero-order valence-electron chi connectivity index (χ0n) is 8.18. The lowest BCUT2D eigenvalue weighted by Gasteiger charge is -2.12. The van der Waals surface area contributed by atoms with Gasteiger partial charge in [0, 0.05) is 18.6 Å². The van der Waals surface area contributed by atoms with Crippen LogP contribution in [0.1, 0.15) is 32.6 Å². The van der Waals surface area contributed by atoms with Crippen LogP contribution in [0.3, 0.4) is 0 Å². The summed E-state index contributed by atoms with van der Waals surface area (Å²) in [5.41, 5.74) is 5.73.